The highest BCUT2D eigenvalue weighted by molar-refractivity contribution is 5.95. The lowest BCUT2D eigenvalue weighted by atomic mass is 9.52. The molecule has 3 saturated heterocycles. The van der Waals surface area contributed by atoms with Gasteiger partial charge in [0.2, 0.25) is 0 Å². The lowest BCUT2D eigenvalue weighted by Crippen LogP contribution is -2.63. The van der Waals surface area contributed by atoms with Gasteiger partial charge in [0.1, 0.15) is 11.3 Å². The third-order valence-corrected chi connectivity index (χ3v) is 11.1. The van der Waals surface area contributed by atoms with Gasteiger partial charge >= 0.3 is 0 Å². The summed E-state index contributed by atoms with van der Waals surface area (Å²) in [6.07, 6.45) is 9.00. The van der Waals surface area contributed by atoms with Gasteiger partial charge in [0.15, 0.2) is 0 Å². The van der Waals surface area contributed by atoms with E-state index in [0.29, 0.717) is 30.6 Å². The molecule has 38 heavy (non-hydrogen) atoms. The number of nitrogens with one attached hydrogen (secondary N) is 1. The number of phenols is 1. The Morgan fingerprint density at radius 2 is 1.84 bits per heavy atom. The summed E-state index contributed by atoms with van der Waals surface area (Å²) >= 11 is 0. The van der Waals surface area contributed by atoms with E-state index in [4.69, 9.17) is 0 Å². The van der Waals surface area contributed by atoms with Crippen molar-refractivity contribution in [2.45, 2.75) is 93.9 Å². The Labute approximate surface area is 222 Å². The van der Waals surface area contributed by atoms with Gasteiger partial charge in [-0.15, -0.1) is 0 Å². The van der Waals surface area contributed by atoms with E-state index in [-0.39, 0.29) is 40.6 Å². The summed E-state index contributed by atoms with van der Waals surface area (Å²) in [5.74, 6) is 1.38. The number of piperidine rings is 2. The van der Waals surface area contributed by atoms with Crippen LogP contribution in [0, 0.1) is 11.8 Å². The number of fused-ring (bicyclic) bond motifs is 4. The molecule has 3 N–H and O–H groups in total. The van der Waals surface area contributed by atoms with Crippen LogP contribution < -0.4 is 5.56 Å². The fourth-order valence-electron chi connectivity index (χ4n) is 9.14. The summed E-state index contributed by atoms with van der Waals surface area (Å²) in [6.45, 7) is 2.24. The predicted molar refractivity (Wildman–Crippen MR) is 142 cm³/mol. The molecule has 7 heteroatoms. The molecule has 200 valence electrons. The van der Waals surface area contributed by atoms with Gasteiger partial charge in [-0.25, -0.2) is 0 Å². The zero-order valence-corrected chi connectivity index (χ0v) is 21.9. The number of H-pyrrole nitrogens is 1. The number of carbonyl (C=O) groups is 1. The summed E-state index contributed by atoms with van der Waals surface area (Å²) in [6, 6.07) is 8.34. The molecule has 6 atom stereocenters. The van der Waals surface area contributed by atoms with E-state index >= 15 is 0 Å². The van der Waals surface area contributed by atoms with Gasteiger partial charge in [0.25, 0.3) is 11.5 Å². The van der Waals surface area contributed by atoms with Gasteiger partial charge in [0, 0.05) is 35.8 Å². The molecule has 2 aromatic rings. The number of pyridine rings is 1. The third-order valence-electron chi connectivity index (χ3n) is 11.1. The molecule has 4 fully saturated rings. The minimum Gasteiger partial charge on any atom is -0.508 e. The van der Waals surface area contributed by atoms with Crippen LogP contribution in [0.2, 0.25) is 0 Å². The molecule has 4 bridgehead atoms. The largest absolute Gasteiger partial charge is 0.508 e. The summed E-state index contributed by atoms with van der Waals surface area (Å²) in [5.41, 5.74) is 4.56. The van der Waals surface area contributed by atoms with Crippen LogP contribution in [-0.2, 0) is 24.7 Å². The van der Waals surface area contributed by atoms with E-state index < -0.39 is 0 Å². The van der Waals surface area contributed by atoms with Gasteiger partial charge in [-0.3, -0.25) is 14.5 Å². The van der Waals surface area contributed by atoms with E-state index in [9.17, 15) is 19.8 Å². The number of aliphatic hydroxyl groups is 1. The van der Waals surface area contributed by atoms with Crippen molar-refractivity contribution in [3.63, 3.8) is 0 Å². The van der Waals surface area contributed by atoms with E-state index in [1.807, 2.05) is 23.1 Å². The molecule has 8 rings (SSSR count). The normalized spacial score (nSPS) is 35.4. The molecule has 0 spiro atoms. The van der Waals surface area contributed by atoms with Crippen molar-refractivity contribution in [2.75, 3.05) is 13.1 Å². The van der Waals surface area contributed by atoms with Gasteiger partial charge in [-0.05, 0) is 117 Å². The molecular formula is C31H37N3O4. The van der Waals surface area contributed by atoms with Crippen molar-refractivity contribution >= 4 is 5.91 Å². The Kier molecular flexibility index (Phi) is 5.01. The second kappa shape index (κ2) is 8.18. The van der Waals surface area contributed by atoms with E-state index in [2.05, 4.69) is 16.0 Å². The second-order valence-corrected chi connectivity index (χ2v) is 13.2. The van der Waals surface area contributed by atoms with Crippen molar-refractivity contribution < 1.29 is 15.0 Å². The molecule has 1 saturated carbocycles. The number of aromatic nitrogens is 1. The first-order valence-electron chi connectivity index (χ1n) is 14.7. The first kappa shape index (κ1) is 23.3. The first-order chi connectivity index (χ1) is 18.4. The van der Waals surface area contributed by atoms with E-state index in [1.165, 1.54) is 30.5 Å². The lowest BCUT2D eigenvalue weighted by Gasteiger charge is -2.59. The SMILES string of the molecule is O=C(c1cc2c([nH]c1=O)C[C@]13CCN(CC4CC4)[C@H](Cc4ccc(O)cc41)[C@@H]3C2)N1[C@@H]2CC[C@H]1C[C@@H](O)C2. The van der Waals surface area contributed by atoms with Crippen molar-refractivity contribution in [3.8, 4) is 5.75 Å². The average molecular weight is 516 g/mol. The maximum atomic E-state index is 13.7. The van der Waals surface area contributed by atoms with E-state index in [0.717, 1.165) is 62.2 Å². The Hall–Kier alpha value is -2.64. The molecular weight excluding hydrogens is 478 g/mol. The topological polar surface area (TPSA) is 96.9 Å². The Morgan fingerprint density at radius 1 is 1.05 bits per heavy atom. The number of hydrogen-bond donors (Lipinski definition) is 3. The molecule has 1 amide bonds. The Bertz CT molecular complexity index is 1370. The van der Waals surface area contributed by atoms with Crippen LogP contribution in [0.4, 0.5) is 0 Å². The van der Waals surface area contributed by atoms with Crippen LogP contribution in [0.3, 0.4) is 0 Å². The monoisotopic (exact) mass is 515 g/mol. The number of aromatic amines is 1. The fourth-order valence-corrected chi connectivity index (χ4v) is 9.14. The molecule has 4 heterocycles. The summed E-state index contributed by atoms with van der Waals surface area (Å²) in [4.78, 5) is 34.9. The predicted octanol–water partition coefficient (Wildman–Crippen LogP) is 2.90. The van der Waals surface area contributed by atoms with Crippen molar-refractivity contribution in [2.24, 2.45) is 11.8 Å². The maximum Gasteiger partial charge on any atom is 0.261 e. The number of rotatable bonds is 3. The highest BCUT2D eigenvalue weighted by atomic mass is 16.3. The minimum absolute atomic E-state index is 0.0350. The fraction of sp³-hybridized carbons (Fsp3) is 0.613. The summed E-state index contributed by atoms with van der Waals surface area (Å²) < 4.78 is 0. The Morgan fingerprint density at radius 3 is 2.61 bits per heavy atom. The zero-order valence-electron chi connectivity index (χ0n) is 21.9. The van der Waals surface area contributed by atoms with E-state index in [1.54, 1.807) is 0 Å². The minimum atomic E-state index is -0.346. The summed E-state index contributed by atoms with van der Waals surface area (Å²) in [5, 5.41) is 20.7. The number of likely N-dealkylation sites (tertiary alicyclic amines) is 1. The molecule has 0 radical (unpaired) electrons. The summed E-state index contributed by atoms with van der Waals surface area (Å²) in [7, 11) is 0. The van der Waals surface area contributed by atoms with Crippen LogP contribution in [-0.4, -0.2) is 68.2 Å². The number of hydrogen-bond acceptors (Lipinski definition) is 5. The van der Waals surface area contributed by atoms with Crippen molar-refractivity contribution in [1.82, 2.24) is 14.8 Å². The smallest absolute Gasteiger partial charge is 0.261 e. The highest BCUT2D eigenvalue weighted by Crippen LogP contribution is 2.55. The number of aliphatic hydroxyl groups excluding tert-OH is 1. The van der Waals surface area contributed by atoms with Crippen molar-refractivity contribution in [3.05, 3.63) is 62.6 Å². The standard InChI is InChI=1S/C31H37N3O4/c35-22-6-3-18-11-28-26-10-19-9-24(30(38)34-20-4-5-21(34)13-23(36)12-20)29(37)32-27(19)15-31(26,25(18)14-22)7-8-33(28)16-17-1-2-17/h3,6,9,14,17,20-21,23,26,28,35-36H,1-2,4-5,7-8,10-13,15-16H2,(H,32,37)/t20-,21+,23+,26-,28+,31+/m0/s1. The molecule has 1 aromatic heterocycles. The number of phenolic OH excluding ortho intramolecular Hbond substituents is 1. The zero-order chi connectivity index (χ0) is 25.8. The number of nitrogens with zero attached hydrogens (tertiary/aromatic N) is 2. The molecule has 6 aliphatic rings. The Balaban J connectivity index is 1.18. The van der Waals surface area contributed by atoms with Crippen LogP contribution in [0.15, 0.2) is 29.1 Å². The second-order valence-electron chi connectivity index (χ2n) is 13.2. The number of carbonyl (C=O) groups excluding carboxylic acids is 1. The lowest BCUT2D eigenvalue weighted by molar-refractivity contribution is 0.00454. The molecule has 0 unspecified atom stereocenters. The van der Waals surface area contributed by atoms with Crippen LogP contribution >= 0.6 is 0 Å². The average Bonchev–Trinajstić information content (AvgIpc) is 3.67. The van der Waals surface area contributed by atoms with Gasteiger partial charge < -0.3 is 20.1 Å². The first-order valence-corrected chi connectivity index (χ1v) is 14.7. The van der Waals surface area contributed by atoms with Crippen LogP contribution in [0.1, 0.15) is 77.7 Å². The van der Waals surface area contributed by atoms with Crippen LogP contribution in [0.25, 0.3) is 0 Å². The highest BCUT2D eigenvalue weighted by Gasteiger charge is 2.56. The molecule has 3 aliphatic heterocycles. The molecule has 1 aromatic carbocycles. The number of aromatic hydroxyl groups is 1. The maximum absolute atomic E-state index is 13.7. The molecule has 3 aliphatic carbocycles. The van der Waals surface area contributed by atoms with Gasteiger partial charge in [-0.1, -0.05) is 6.07 Å². The third kappa shape index (κ3) is 3.40. The van der Waals surface area contributed by atoms with Crippen molar-refractivity contribution in [1.29, 1.82) is 0 Å². The van der Waals surface area contributed by atoms with Gasteiger partial charge in [0.05, 0.1) is 6.10 Å². The van der Waals surface area contributed by atoms with Gasteiger partial charge in [-0.2, -0.15) is 0 Å². The van der Waals surface area contributed by atoms with Crippen LogP contribution in [0.5, 0.6) is 5.75 Å². The number of benzene rings is 1. The number of amides is 1. The molecule has 7 nitrogen and oxygen atoms in total. The quantitative estimate of drug-likeness (QED) is 0.584.